The van der Waals surface area contributed by atoms with Gasteiger partial charge in [-0.3, -0.25) is 14.4 Å². The van der Waals surface area contributed by atoms with Crippen LogP contribution in [0.1, 0.15) is 10.4 Å². The van der Waals surface area contributed by atoms with E-state index in [0.717, 1.165) is 0 Å². The molecule has 2 amide bonds. The zero-order valence-corrected chi connectivity index (χ0v) is 10.1. The van der Waals surface area contributed by atoms with Crippen molar-refractivity contribution in [3.63, 3.8) is 0 Å². The van der Waals surface area contributed by atoms with E-state index < -0.39 is 11.8 Å². The predicted molar refractivity (Wildman–Crippen MR) is 65.0 cm³/mol. The van der Waals surface area contributed by atoms with Crippen molar-refractivity contribution in [3.05, 3.63) is 35.9 Å². The van der Waals surface area contributed by atoms with Gasteiger partial charge in [0.25, 0.3) is 0 Å². The fourth-order valence-electron chi connectivity index (χ4n) is 1.81. The SMILES string of the molecule is CN1CCN(CC(=O)c2ccccc2)C(=O)C1=O. The molecule has 5 heteroatoms. The van der Waals surface area contributed by atoms with Crippen LogP contribution in [-0.4, -0.2) is 54.1 Å². The molecule has 1 fully saturated rings. The van der Waals surface area contributed by atoms with Crippen molar-refractivity contribution in [2.24, 2.45) is 0 Å². The first-order valence-corrected chi connectivity index (χ1v) is 5.72. The third-order valence-electron chi connectivity index (χ3n) is 2.95. The van der Waals surface area contributed by atoms with Gasteiger partial charge in [-0.2, -0.15) is 0 Å². The van der Waals surface area contributed by atoms with Crippen LogP contribution in [0.5, 0.6) is 0 Å². The molecule has 18 heavy (non-hydrogen) atoms. The Kier molecular flexibility index (Phi) is 3.41. The first kappa shape index (κ1) is 12.3. The lowest BCUT2D eigenvalue weighted by Gasteiger charge is -2.30. The van der Waals surface area contributed by atoms with Gasteiger partial charge in [0.15, 0.2) is 5.78 Å². The summed E-state index contributed by atoms with van der Waals surface area (Å²) in [5.74, 6) is -1.31. The second kappa shape index (κ2) is 5.00. The molecule has 0 aliphatic carbocycles. The van der Waals surface area contributed by atoms with E-state index in [1.807, 2.05) is 6.07 Å². The molecule has 0 spiro atoms. The molecule has 0 unspecified atom stereocenters. The van der Waals surface area contributed by atoms with Gasteiger partial charge < -0.3 is 9.80 Å². The van der Waals surface area contributed by atoms with E-state index in [1.54, 1.807) is 31.3 Å². The van der Waals surface area contributed by atoms with Crippen LogP contribution < -0.4 is 0 Å². The van der Waals surface area contributed by atoms with Crippen LogP contribution in [0.15, 0.2) is 30.3 Å². The zero-order chi connectivity index (χ0) is 13.1. The van der Waals surface area contributed by atoms with Gasteiger partial charge in [0, 0.05) is 25.7 Å². The maximum absolute atomic E-state index is 11.9. The molecule has 1 aromatic rings. The van der Waals surface area contributed by atoms with Crippen molar-refractivity contribution in [3.8, 4) is 0 Å². The first-order valence-electron chi connectivity index (χ1n) is 5.72. The lowest BCUT2D eigenvalue weighted by molar-refractivity contribution is -0.154. The van der Waals surface area contributed by atoms with Gasteiger partial charge in [-0.05, 0) is 0 Å². The minimum absolute atomic E-state index is 0.0393. The number of benzene rings is 1. The van der Waals surface area contributed by atoms with Gasteiger partial charge in [0.1, 0.15) is 0 Å². The predicted octanol–water partition coefficient (Wildman–Crippen LogP) is 0.170. The molecule has 1 heterocycles. The van der Waals surface area contributed by atoms with Crippen LogP contribution in [0.3, 0.4) is 0 Å². The quantitative estimate of drug-likeness (QED) is 0.564. The highest BCUT2D eigenvalue weighted by Gasteiger charge is 2.31. The highest BCUT2D eigenvalue weighted by atomic mass is 16.2. The molecule has 0 aromatic heterocycles. The smallest absolute Gasteiger partial charge is 0.312 e. The fraction of sp³-hybridized carbons (Fsp3) is 0.308. The summed E-state index contributed by atoms with van der Waals surface area (Å²) in [6, 6.07) is 8.76. The maximum atomic E-state index is 11.9. The molecular weight excluding hydrogens is 232 g/mol. The van der Waals surface area contributed by atoms with Crippen LogP contribution in [0, 0.1) is 0 Å². The summed E-state index contributed by atoms with van der Waals surface area (Å²) in [4.78, 5) is 37.8. The second-order valence-electron chi connectivity index (χ2n) is 4.24. The third kappa shape index (κ3) is 2.40. The van der Waals surface area contributed by atoms with Gasteiger partial charge in [-0.25, -0.2) is 0 Å². The second-order valence-corrected chi connectivity index (χ2v) is 4.24. The van der Waals surface area contributed by atoms with Crippen molar-refractivity contribution in [2.75, 3.05) is 26.7 Å². The number of hydrogen-bond acceptors (Lipinski definition) is 3. The summed E-state index contributed by atoms with van der Waals surface area (Å²) in [7, 11) is 1.58. The van der Waals surface area contributed by atoms with E-state index in [2.05, 4.69) is 0 Å². The fourth-order valence-corrected chi connectivity index (χ4v) is 1.81. The molecule has 2 rings (SSSR count). The number of amides is 2. The summed E-state index contributed by atoms with van der Waals surface area (Å²) in [5, 5.41) is 0. The zero-order valence-electron chi connectivity index (χ0n) is 10.1. The number of likely N-dealkylation sites (N-methyl/N-ethyl adjacent to an activating group) is 1. The standard InChI is InChI=1S/C13H14N2O3/c1-14-7-8-15(13(18)12(14)17)9-11(16)10-5-3-2-4-6-10/h2-6H,7-9H2,1H3. The van der Waals surface area contributed by atoms with E-state index in [-0.39, 0.29) is 12.3 Å². The highest BCUT2D eigenvalue weighted by molar-refractivity contribution is 6.35. The number of carbonyl (C=O) groups excluding carboxylic acids is 3. The molecule has 1 saturated heterocycles. The molecule has 1 aliphatic rings. The summed E-state index contributed by atoms with van der Waals surface area (Å²) in [5.41, 5.74) is 0.552. The van der Waals surface area contributed by atoms with Crippen LogP contribution >= 0.6 is 0 Å². The van der Waals surface area contributed by atoms with E-state index >= 15 is 0 Å². The normalized spacial score (nSPS) is 16.1. The maximum Gasteiger partial charge on any atom is 0.312 e. The van der Waals surface area contributed by atoms with E-state index in [4.69, 9.17) is 0 Å². The Morgan fingerprint density at radius 1 is 1.11 bits per heavy atom. The number of piperazine rings is 1. The number of ketones is 1. The molecule has 0 bridgehead atoms. The van der Waals surface area contributed by atoms with Gasteiger partial charge in [0.2, 0.25) is 0 Å². The molecule has 0 atom stereocenters. The van der Waals surface area contributed by atoms with Crippen molar-refractivity contribution >= 4 is 17.6 Å². The minimum Gasteiger partial charge on any atom is -0.336 e. The Labute approximate surface area is 105 Å². The molecule has 1 aliphatic heterocycles. The largest absolute Gasteiger partial charge is 0.336 e. The van der Waals surface area contributed by atoms with E-state index in [1.165, 1.54) is 9.80 Å². The van der Waals surface area contributed by atoms with Crippen molar-refractivity contribution in [1.82, 2.24) is 9.80 Å². The van der Waals surface area contributed by atoms with Crippen LogP contribution in [0.2, 0.25) is 0 Å². The number of hydrogen-bond donors (Lipinski definition) is 0. The van der Waals surface area contributed by atoms with E-state index in [9.17, 15) is 14.4 Å². The van der Waals surface area contributed by atoms with Gasteiger partial charge in [0.05, 0.1) is 6.54 Å². The Balaban J connectivity index is 2.04. The molecule has 0 radical (unpaired) electrons. The Morgan fingerprint density at radius 2 is 1.78 bits per heavy atom. The third-order valence-corrected chi connectivity index (χ3v) is 2.95. The molecule has 94 valence electrons. The van der Waals surface area contributed by atoms with E-state index in [0.29, 0.717) is 18.7 Å². The molecule has 0 saturated carbocycles. The van der Waals surface area contributed by atoms with Crippen molar-refractivity contribution < 1.29 is 14.4 Å². The topological polar surface area (TPSA) is 57.7 Å². The summed E-state index contributed by atoms with van der Waals surface area (Å²) < 4.78 is 0. The number of nitrogens with zero attached hydrogens (tertiary/aromatic N) is 2. The minimum atomic E-state index is -0.604. The lowest BCUT2D eigenvalue weighted by atomic mass is 10.1. The molecule has 5 nitrogen and oxygen atoms in total. The Bertz CT molecular complexity index is 484. The van der Waals surface area contributed by atoms with Crippen molar-refractivity contribution in [1.29, 1.82) is 0 Å². The summed E-state index contributed by atoms with van der Waals surface area (Å²) in [6.07, 6.45) is 0. The number of Topliss-reactive ketones (excluding diaryl/α,β-unsaturated/α-hetero) is 1. The number of rotatable bonds is 3. The highest BCUT2D eigenvalue weighted by Crippen LogP contribution is 2.06. The summed E-state index contributed by atoms with van der Waals surface area (Å²) in [6.45, 7) is 0.828. The average Bonchev–Trinajstić information content (AvgIpc) is 2.40. The molecular formula is C13H14N2O3. The van der Waals surface area contributed by atoms with Crippen LogP contribution in [0.4, 0.5) is 0 Å². The van der Waals surface area contributed by atoms with Crippen LogP contribution in [-0.2, 0) is 9.59 Å². The number of carbonyl (C=O) groups is 3. The van der Waals surface area contributed by atoms with Gasteiger partial charge >= 0.3 is 11.8 Å². The van der Waals surface area contributed by atoms with Crippen LogP contribution in [0.25, 0.3) is 0 Å². The molecule has 1 aromatic carbocycles. The van der Waals surface area contributed by atoms with Gasteiger partial charge in [-0.15, -0.1) is 0 Å². The van der Waals surface area contributed by atoms with Crippen molar-refractivity contribution in [2.45, 2.75) is 0 Å². The average molecular weight is 246 g/mol. The Morgan fingerprint density at radius 3 is 2.44 bits per heavy atom. The monoisotopic (exact) mass is 246 g/mol. The Hall–Kier alpha value is -2.17. The van der Waals surface area contributed by atoms with Gasteiger partial charge in [-0.1, -0.05) is 30.3 Å². The molecule has 0 N–H and O–H groups in total. The lowest BCUT2D eigenvalue weighted by Crippen LogP contribution is -2.53. The first-order chi connectivity index (χ1) is 8.59. The summed E-state index contributed by atoms with van der Waals surface area (Å²) >= 11 is 0.